The van der Waals surface area contributed by atoms with Crippen molar-refractivity contribution < 1.29 is 18.8 Å². The predicted molar refractivity (Wildman–Crippen MR) is 100 cm³/mol. The largest absolute Gasteiger partial charge is 0.490 e. The van der Waals surface area contributed by atoms with E-state index < -0.39 is 0 Å². The smallest absolute Gasteiger partial charge is 0.230 e. The highest BCUT2D eigenvalue weighted by Crippen LogP contribution is 2.39. The Balaban J connectivity index is 1.59. The highest BCUT2D eigenvalue weighted by molar-refractivity contribution is 5.84. The van der Waals surface area contributed by atoms with Gasteiger partial charge in [0, 0.05) is 18.5 Å². The average Bonchev–Trinajstić information content (AvgIpc) is 3.20. The average molecular weight is 370 g/mol. The number of carbonyl (C=O) groups is 1. The normalized spacial score (nSPS) is 20.4. The van der Waals surface area contributed by atoms with Crippen molar-refractivity contribution in [2.24, 2.45) is 0 Å². The van der Waals surface area contributed by atoms with Gasteiger partial charge in [-0.15, -0.1) is 0 Å². The van der Waals surface area contributed by atoms with Crippen molar-refractivity contribution in [1.82, 2.24) is 10.1 Å². The Morgan fingerprint density at radius 3 is 2.70 bits per heavy atom. The van der Waals surface area contributed by atoms with Gasteiger partial charge in [0.05, 0.1) is 30.9 Å². The highest BCUT2D eigenvalue weighted by atomic mass is 16.5. The zero-order valence-corrected chi connectivity index (χ0v) is 16.2. The van der Waals surface area contributed by atoms with Crippen molar-refractivity contribution in [3.05, 3.63) is 40.8 Å². The van der Waals surface area contributed by atoms with Gasteiger partial charge in [0.1, 0.15) is 5.76 Å². The molecular weight excluding hydrogens is 344 g/mol. The zero-order valence-electron chi connectivity index (χ0n) is 16.2. The molecule has 1 amide bonds. The van der Waals surface area contributed by atoms with Gasteiger partial charge in [0.2, 0.25) is 5.91 Å². The molecule has 4 rings (SSSR count). The molecule has 1 aromatic carbocycles. The Hall–Kier alpha value is -2.50. The van der Waals surface area contributed by atoms with Crippen LogP contribution in [0.4, 0.5) is 0 Å². The Bertz CT molecular complexity index is 825. The van der Waals surface area contributed by atoms with Gasteiger partial charge in [-0.3, -0.25) is 4.79 Å². The molecule has 27 heavy (non-hydrogen) atoms. The molecular formula is C21H26N2O4. The first-order valence-corrected chi connectivity index (χ1v) is 9.69. The molecule has 2 unspecified atom stereocenters. The Morgan fingerprint density at radius 1 is 1.19 bits per heavy atom. The van der Waals surface area contributed by atoms with Crippen LogP contribution in [0, 0.1) is 13.8 Å². The van der Waals surface area contributed by atoms with Crippen molar-refractivity contribution in [2.75, 3.05) is 19.8 Å². The van der Waals surface area contributed by atoms with E-state index in [9.17, 15) is 4.79 Å². The van der Waals surface area contributed by atoms with Crippen LogP contribution in [0.25, 0.3) is 0 Å². The first kappa shape index (κ1) is 17.9. The van der Waals surface area contributed by atoms with Crippen molar-refractivity contribution in [3.8, 4) is 11.5 Å². The van der Waals surface area contributed by atoms with Crippen molar-refractivity contribution in [3.63, 3.8) is 0 Å². The maximum absolute atomic E-state index is 13.3. The zero-order chi connectivity index (χ0) is 19.0. The molecule has 0 bridgehead atoms. The molecule has 0 N–H and O–H groups in total. The second kappa shape index (κ2) is 7.25. The number of hydrogen-bond donors (Lipinski definition) is 0. The molecule has 2 atom stereocenters. The molecule has 0 saturated carbocycles. The van der Waals surface area contributed by atoms with Crippen LogP contribution in [0.5, 0.6) is 11.5 Å². The number of amides is 1. The molecule has 1 saturated heterocycles. The molecule has 0 radical (unpaired) electrons. The lowest BCUT2D eigenvalue weighted by Gasteiger charge is -2.28. The maximum atomic E-state index is 13.3. The number of benzene rings is 1. The number of carbonyl (C=O) groups excluding carboxylic acids is 1. The number of aryl methyl sites for hydroxylation is 2. The van der Waals surface area contributed by atoms with Gasteiger partial charge in [-0.1, -0.05) is 11.2 Å². The summed E-state index contributed by atoms with van der Waals surface area (Å²) in [5, 5.41) is 4.00. The number of hydrogen-bond acceptors (Lipinski definition) is 5. The third-order valence-corrected chi connectivity index (χ3v) is 5.58. The number of aromatic nitrogens is 1. The van der Waals surface area contributed by atoms with Gasteiger partial charge < -0.3 is 18.9 Å². The van der Waals surface area contributed by atoms with E-state index in [2.05, 4.69) is 11.2 Å². The lowest BCUT2D eigenvalue weighted by atomic mass is 9.96. The van der Waals surface area contributed by atoms with E-state index in [0.717, 1.165) is 59.9 Å². The number of likely N-dealkylation sites (tertiary alicyclic amines) is 1. The summed E-state index contributed by atoms with van der Waals surface area (Å²) >= 11 is 0. The second-order valence-electron chi connectivity index (χ2n) is 7.41. The quantitative estimate of drug-likeness (QED) is 0.819. The van der Waals surface area contributed by atoms with Gasteiger partial charge in [-0.2, -0.15) is 0 Å². The topological polar surface area (TPSA) is 64.8 Å². The third-order valence-electron chi connectivity index (χ3n) is 5.58. The molecule has 144 valence electrons. The number of fused-ring (bicyclic) bond motifs is 1. The van der Waals surface area contributed by atoms with Gasteiger partial charge in [-0.25, -0.2) is 0 Å². The predicted octanol–water partition coefficient (Wildman–Crippen LogP) is 3.92. The lowest BCUT2D eigenvalue weighted by Crippen LogP contribution is -2.34. The van der Waals surface area contributed by atoms with E-state index >= 15 is 0 Å². The maximum Gasteiger partial charge on any atom is 0.230 e. The third kappa shape index (κ3) is 3.29. The van der Waals surface area contributed by atoms with E-state index in [1.165, 1.54) is 0 Å². The van der Waals surface area contributed by atoms with Crippen LogP contribution >= 0.6 is 0 Å². The van der Waals surface area contributed by atoms with Crippen LogP contribution in [0.2, 0.25) is 0 Å². The Labute approximate surface area is 159 Å². The van der Waals surface area contributed by atoms with Crippen molar-refractivity contribution in [2.45, 2.75) is 52.0 Å². The van der Waals surface area contributed by atoms with Crippen LogP contribution in [-0.2, 0) is 4.79 Å². The molecule has 1 aromatic heterocycles. The number of ether oxygens (including phenoxy) is 2. The second-order valence-corrected chi connectivity index (χ2v) is 7.41. The molecule has 0 spiro atoms. The van der Waals surface area contributed by atoms with Gasteiger partial charge in [-0.05, 0) is 51.3 Å². The minimum absolute atomic E-state index is 0.0672. The minimum Gasteiger partial charge on any atom is -0.490 e. The summed E-state index contributed by atoms with van der Waals surface area (Å²) in [4.78, 5) is 15.3. The molecule has 2 aliphatic rings. The molecule has 1 fully saturated rings. The Morgan fingerprint density at radius 2 is 1.96 bits per heavy atom. The van der Waals surface area contributed by atoms with Crippen molar-refractivity contribution >= 4 is 5.91 Å². The summed E-state index contributed by atoms with van der Waals surface area (Å²) in [5.74, 6) is 2.15. The first-order chi connectivity index (χ1) is 13.1. The molecule has 2 aliphatic heterocycles. The lowest BCUT2D eigenvalue weighted by molar-refractivity contribution is -0.133. The monoisotopic (exact) mass is 370 g/mol. The standard InChI is InChI=1S/C21H26N2O4/c1-13(20-14(2)22-27-15(20)3)21(24)23-9-4-6-17(23)16-7-8-18-19(12-16)26-11-5-10-25-18/h7-8,12-13,17H,4-6,9-11H2,1-3H3. The van der Waals surface area contributed by atoms with Gasteiger partial charge in [0.25, 0.3) is 0 Å². The summed E-state index contributed by atoms with van der Waals surface area (Å²) in [6, 6.07) is 6.13. The molecule has 0 aliphatic carbocycles. The van der Waals surface area contributed by atoms with Crippen LogP contribution in [-0.4, -0.2) is 35.7 Å². The van der Waals surface area contributed by atoms with E-state index in [0.29, 0.717) is 13.2 Å². The van der Waals surface area contributed by atoms with E-state index in [4.69, 9.17) is 14.0 Å². The van der Waals surface area contributed by atoms with Gasteiger partial charge >= 0.3 is 0 Å². The minimum atomic E-state index is -0.266. The molecule has 6 nitrogen and oxygen atoms in total. The number of rotatable bonds is 3. The van der Waals surface area contributed by atoms with E-state index in [1.54, 1.807) is 0 Å². The fourth-order valence-corrected chi connectivity index (χ4v) is 4.24. The SMILES string of the molecule is Cc1noc(C)c1C(C)C(=O)N1CCCC1c1ccc2c(c1)OCCCO2. The van der Waals surface area contributed by atoms with Gasteiger partial charge in [0.15, 0.2) is 11.5 Å². The summed E-state index contributed by atoms with van der Waals surface area (Å²) < 4.78 is 16.8. The highest BCUT2D eigenvalue weighted by Gasteiger charge is 2.35. The molecule has 3 heterocycles. The van der Waals surface area contributed by atoms with Crippen LogP contribution in [0.3, 0.4) is 0 Å². The van der Waals surface area contributed by atoms with Crippen molar-refractivity contribution in [1.29, 1.82) is 0 Å². The first-order valence-electron chi connectivity index (χ1n) is 9.69. The fraction of sp³-hybridized carbons (Fsp3) is 0.524. The summed E-state index contributed by atoms with van der Waals surface area (Å²) in [6.07, 6.45) is 2.84. The Kier molecular flexibility index (Phi) is 4.81. The number of nitrogens with zero attached hydrogens (tertiary/aromatic N) is 2. The summed E-state index contributed by atoms with van der Waals surface area (Å²) in [7, 11) is 0. The van der Waals surface area contributed by atoms with Crippen LogP contribution in [0.1, 0.15) is 60.7 Å². The molecule has 2 aromatic rings. The fourth-order valence-electron chi connectivity index (χ4n) is 4.24. The van der Waals surface area contributed by atoms with E-state index in [-0.39, 0.29) is 17.9 Å². The summed E-state index contributed by atoms with van der Waals surface area (Å²) in [5.41, 5.74) is 2.81. The van der Waals surface area contributed by atoms with Crippen LogP contribution < -0.4 is 9.47 Å². The molecule has 6 heteroatoms. The van der Waals surface area contributed by atoms with E-state index in [1.807, 2.05) is 37.8 Å². The summed E-state index contributed by atoms with van der Waals surface area (Å²) in [6.45, 7) is 7.80. The van der Waals surface area contributed by atoms with Crippen LogP contribution in [0.15, 0.2) is 22.7 Å².